The number of anilines is 2. The third-order valence-corrected chi connectivity index (χ3v) is 4.55. The number of thiophene rings is 1. The molecule has 2 heterocycles. The van der Waals surface area contributed by atoms with Crippen LogP contribution in [0.5, 0.6) is 0 Å². The van der Waals surface area contributed by atoms with Crippen molar-refractivity contribution in [3.05, 3.63) is 47.1 Å². The molecule has 3 rings (SSSR count). The van der Waals surface area contributed by atoms with Crippen molar-refractivity contribution in [1.82, 2.24) is 9.97 Å². The zero-order valence-electron chi connectivity index (χ0n) is 12.0. The first kappa shape index (κ1) is 14.0. The van der Waals surface area contributed by atoms with Gasteiger partial charge in [-0.15, -0.1) is 11.3 Å². The van der Waals surface area contributed by atoms with E-state index >= 15 is 0 Å². The topological polar surface area (TPSA) is 58.0 Å². The minimum Gasteiger partial charge on any atom is -0.389 e. The van der Waals surface area contributed by atoms with Gasteiger partial charge in [0.1, 0.15) is 17.0 Å². The number of nitrogens with one attached hydrogen (secondary N) is 1. The predicted octanol–water partition coefficient (Wildman–Crippen LogP) is 4.05. The monoisotopic (exact) mass is 299 g/mol. The molecule has 0 unspecified atom stereocenters. The number of fused-ring (bicyclic) bond motifs is 1. The second-order valence-electron chi connectivity index (χ2n) is 4.93. The van der Waals surface area contributed by atoms with E-state index < -0.39 is 6.10 Å². The van der Waals surface area contributed by atoms with Crippen LogP contribution in [0, 0.1) is 0 Å². The number of aliphatic hydroxyl groups is 1. The molecule has 2 N–H and O–H groups in total. The molecular weight excluding hydrogens is 282 g/mol. The third-order valence-electron chi connectivity index (χ3n) is 3.36. The van der Waals surface area contributed by atoms with Gasteiger partial charge in [0, 0.05) is 10.6 Å². The van der Waals surface area contributed by atoms with Gasteiger partial charge < -0.3 is 10.4 Å². The van der Waals surface area contributed by atoms with Crippen molar-refractivity contribution in [2.45, 2.75) is 26.4 Å². The Kier molecular flexibility index (Phi) is 3.86. The maximum Gasteiger partial charge on any atom is 0.142 e. The molecule has 0 aliphatic heterocycles. The highest BCUT2D eigenvalue weighted by Gasteiger charge is 2.09. The molecule has 0 saturated heterocycles. The molecule has 0 aliphatic rings. The molecule has 21 heavy (non-hydrogen) atoms. The van der Waals surface area contributed by atoms with E-state index in [1.54, 1.807) is 24.6 Å². The number of aliphatic hydroxyl groups excluding tert-OH is 1. The van der Waals surface area contributed by atoms with Crippen LogP contribution in [0.2, 0.25) is 0 Å². The van der Waals surface area contributed by atoms with Crippen molar-refractivity contribution in [1.29, 1.82) is 0 Å². The first-order chi connectivity index (χ1) is 10.2. The molecule has 1 atom stereocenters. The molecule has 0 saturated carbocycles. The SMILES string of the molecule is CCc1cc2c(Nc3cccc([C@@H](C)O)c3)ncnc2s1. The van der Waals surface area contributed by atoms with Gasteiger partial charge in [0.25, 0.3) is 0 Å². The number of nitrogens with zero attached hydrogens (tertiary/aromatic N) is 2. The normalized spacial score (nSPS) is 12.5. The summed E-state index contributed by atoms with van der Waals surface area (Å²) in [7, 11) is 0. The molecule has 2 aromatic heterocycles. The molecule has 1 aromatic carbocycles. The van der Waals surface area contributed by atoms with Crippen LogP contribution in [0.4, 0.5) is 11.5 Å². The minimum absolute atomic E-state index is 0.481. The number of aryl methyl sites for hydroxylation is 1. The zero-order valence-corrected chi connectivity index (χ0v) is 12.8. The van der Waals surface area contributed by atoms with Gasteiger partial charge >= 0.3 is 0 Å². The van der Waals surface area contributed by atoms with Gasteiger partial charge in [-0.1, -0.05) is 19.1 Å². The van der Waals surface area contributed by atoms with Gasteiger partial charge in [-0.2, -0.15) is 0 Å². The number of aromatic nitrogens is 2. The van der Waals surface area contributed by atoms with Gasteiger partial charge in [-0.3, -0.25) is 0 Å². The lowest BCUT2D eigenvalue weighted by atomic mass is 10.1. The van der Waals surface area contributed by atoms with E-state index in [0.717, 1.165) is 33.7 Å². The van der Waals surface area contributed by atoms with Crippen LogP contribution in [0.15, 0.2) is 36.7 Å². The van der Waals surface area contributed by atoms with Crippen LogP contribution < -0.4 is 5.32 Å². The van der Waals surface area contributed by atoms with Crippen molar-refractivity contribution in [2.75, 3.05) is 5.32 Å². The van der Waals surface area contributed by atoms with Gasteiger partial charge in [0.05, 0.1) is 11.5 Å². The Morgan fingerprint density at radius 3 is 2.90 bits per heavy atom. The van der Waals surface area contributed by atoms with E-state index in [1.807, 2.05) is 24.3 Å². The molecule has 0 radical (unpaired) electrons. The molecule has 0 aliphatic carbocycles. The fourth-order valence-corrected chi connectivity index (χ4v) is 3.13. The van der Waals surface area contributed by atoms with E-state index in [0.29, 0.717) is 0 Å². The number of hydrogen-bond donors (Lipinski definition) is 2. The van der Waals surface area contributed by atoms with Crippen LogP contribution in [0.1, 0.15) is 30.4 Å². The highest BCUT2D eigenvalue weighted by atomic mass is 32.1. The molecule has 108 valence electrons. The van der Waals surface area contributed by atoms with Crippen molar-refractivity contribution < 1.29 is 5.11 Å². The van der Waals surface area contributed by atoms with E-state index in [4.69, 9.17) is 0 Å². The van der Waals surface area contributed by atoms with Gasteiger partial charge in [-0.05, 0) is 37.1 Å². The minimum atomic E-state index is -0.481. The summed E-state index contributed by atoms with van der Waals surface area (Å²) in [6.07, 6.45) is 2.10. The van der Waals surface area contributed by atoms with E-state index in [1.165, 1.54) is 4.88 Å². The van der Waals surface area contributed by atoms with Crippen LogP contribution in [-0.4, -0.2) is 15.1 Å². The Balaban J connectivity index is 1.98. The van der Waals surface area contributed by atoms with Crippen LogP contribution in [0.25, 0.3) is 10.2 Å². The molecule has 0 spiro atoms. The average molecular weight is 299 g/mol. The van der Waals surface area contributed by atoms with Crippen molar-refractivity contribution in [2.24, 2.45) is 0 Å². The Bertz CT molecular complexity index is 767. The fourth-order valence-electron chi connectivity index (χ4n) is 2.19. The van der Waals surface area contributed by atoms with E-state index in [-0.39, 0.29) is 0 Å². The lowest BCUT2D eigenvalue weighted by Crippen LogP contribution is -1.97. The first-order valence-corrected chi connectivity index (χ1v) is 7.77. The van der Waals surface area contributed by atoms with E-state index in [9.17, 15) is 5.11 Å². The Labute approximate surface area is 127 Å². The lowest BCUT2D eigenvalue weighted by molar-refractivity contribution is 0.199. The Morgan fingerprint density at radius 2 is 2.14 bits per heavy atom. The second kappa shape index (κ2) is 5.79. The summed E-state index contributed by atoms with van der Waals surface area (Å²) in [5.41, 5.74) is 1.79. The zero-order chi connectivity index (χ0) is 14.8. The van der Waals surface area contributed by atoms with Crippen LogP contribution >= 0.6 is 11.3 Å². The third kappa shape index (κ3) is 2.89. The van der Waals surface area contributed by atoms with Crippen molar-refractivity contribution >= 4 is 33.1 Å². The summed E-state index contributed by atoms with van der Waals surface area (Å²) < 4.78 is 0. The molecule has 3 aromatic rings. The number of hydrogen-bond acceptors (Lipinski definition) is 5. The summed E-state index contributed by atoms with van der Waals surface area (Å²) in [5.74, 6) is 0.804. The summed E-state index contributed by atoms with van der Waals surface area (Å²) in [6, 6.07) is 9.87. The predicted molar refractivity (Wildman–Crippen MR) is 87.2 cm³/mol. The first-order valence-electron chi connectivity index (χ1n) is 6.96. The smallest absolute Gasteiger partial charge is 0.142 e. The van der Waals surface area contributed by atoms with Crippen molar-refractivity contribution in [3.8, 4) is 0 Å². The summed E-state index contributed by atoms with van der Waals surface area (Å²) in [4.78, 5) is 11.0. The maximum absolute atomic E-state index is 9.67. The largest absolute Gasteiger partial charge is 0.389 e. The van der Waals surface area contributed by atoms with Crippen LogP contribution in [0.3, 0.4) is 0 Å². The quantitative estimate of drug-likeness (QED) is 0.763. The summed E-state index contributed by atoms with van der Waals surface area (Å²) >= 11 is 1.70. The van der Waals surface area contributed by atoms with Crippen LogP contribution in [-0.2, 0) is 6.42 Å². The molecule has 0 amide bonds. The summed E-state index contributed by atoms with van der Waals surface area (Å²) in [5, 5.41) is 14.0. The Morgan fingerprint density at radius 1 is 1.29 bits per heavy atom. The molecule has 5 heteroatoms. The van der Waals surface area contributed by atoms with Gasteiger partial charge in [0.2, 0.25) is 0 Å². The Hall–Kier alpha value is -1.98. The standard InChI is InChI=1S/C16H17N3OS/c1-3-13-8-14-15(17-9-18-16(14)21-13)19-12-6-4-5-11(7-12)10(2)20/h4-10,20H,3H2,1-2H3,(H,17,18,19)/t10-/m1/s1. The summed E-state index contributed by atoms with van der Waals surface area (Å²) in [6.45, 7) is 3.89. The van der Waals surface area contributed by atoms with Crippen molar-refractivity contribution in [3.63, 3.8) is 0 Å². The van der Waals surface area contributed by atoms with E-state index in [2.05, 4.69) is 28.3 Å². The fraction of sp³-hybridized carbons (Fsp3) is 0.250. The second-order valence-corrected chi connectivity index (χ2v) is 6.05. The molecular formula is C16H17N3OS. The van der Waals surface area contributed by atoms with Gasteiger partial charge in [0.15, 0.2) is 0 Å². The molecule has 0 fully saturated rings. The van der Waals surface area contributed by atoms with Gasteiger partial charge in [-0.25, -0.2) is 9.97 Å². The number of benzene rings is 1. The molecule has 4 nitrogen and oxygen atoms in total. The maximum atomic E-state index is 9.67. The highest BCUT2D eigenvalue weighted by molar-refractivity contribution is 7.18. The lowest BCUT2D eigenvalue weighted by Gasteiger charge is -2.09. The molecule has 0 bridgehead atoms. The highest BCUT2D eigenvalue weighted by Crippen LogP contribution is 2.30. The average Bonchev–Trinajstić information content (AvgIpc) is 2.92. The number of rotatable bonds is 4.